The van der Waals surface area contributed by atoms with Crippen LogP contribution in [0.15, 0.2) is 24.3 Å². The summed E-state index contributed by atoms with van der Waals surface area (Å²) in [7, 11) is 0. The molecule has 3 saturated heterocycles. The van der Waals surface area contributed by atoms with Crippen LogP contribution >= 0.6 is 0 Å². The molecular weight excluding hydrogens is 386 g/mol. The van der Waals surface area contributed by atoms with Gasteiger partial charge >= 0.3 is 5.97 Å². The van der Waals surface area contributed by atoms with Gasteiger partial charge in [0.1, 0.15) is 31.0 Å². The summed E-state index contributed by atoms with van der Waals surface area (Å²) in [6.45, 7) is 7.06. The van der Waals surface area contributed by atoms with Gasteiger partial charge in [0.05, 0.1) is 10.5 Å². The van der Waals surface area contributed by atoms with Gasteiger partial charge in [0.15, 0.2) is 17.9 Å². The summed E-state index contributed by atoms with van der Waals surface area (Å²) in [5, 5.41) is 10.7. The maximum absolute atomic E-state index is 12.3. The number of nitrogens with zero attached hydrogens (tertiary/aromatic N) is 1. The summed E-state index contributed by atoms with van der Waals surface area (Å²) in [5.41, 5.74) is 0.0946. The number of benzene rings is 1. The first kappa shape index (κ1) is 20.2. The molecule has 0 aromatic heterocycles. The summed E-state index contributed by atoms with van der Waals surface area (Å²) in [6, 6.07) is 5.18. The highest BCUT2D eigenvalue weighted by molar-refractivity contribution is 5.89. The topological polar surface area (TPSA) is 116 Å². The lowest BCUT2D eigenvalue weighted by molar-refractivity contribution is -0.384. The molecule has 0 spiro atoms. The molecule has 0 bridgehead atoms. The number of hydrogen-bond donors (Lipinski definition) is 0. The largest absolute Gasteiger partial charge is 0.459 e. The number of esters is 1. The summed E-state index contributed by atoms with van der Waals surface area (Å²) < 4.78 is 35.0. The molecule has 0 aliphatic carbocycles. The molecule has 0 N–H and O–H groups in total. The highest BCUT2D eigenvalue weighted by Crippen LogP contribution is 2.44. The number of fused-ring (bicyclic) bond motifs is 3. The molecule has 0 unspecified atom stereocenters. The Morgan fingerprint density at radius 3 is 2.24 bits per heavy atom. The first-order valence-electron chi connectivity index (χ1n) is 9.33. The van der Waals surface area contributed by atoms with Crippen LogP contribution in [0.3, 0.4) is 0 Å². The molecule has 1 aromatic rings. The van der Waals surface area contributed by atoms with Crippen LogP contribution in [0.25, 0.3) is 0 Å². The lowest BCUT2D eigenvalue weighted by Crippen LogP contribution is -2.56. The van der Waals surface area contributed by atoms with Crippen LogP contribution < -0.4 is 0 Å². The quantitative estimate of drug-likeness (QED) is 0.419. The summed E-state index contributed by atoms with van der Waals surface area (Å²) >= 11 is 0. The predicted molar refractivity (Wildman–Crippen MR) is 95.9 cm³/mol. The van der Waals surface area contributed by atoms with E-state index >= 15 is 0 Å². The third kappa shape index (κ3) is 3.99. The third-order valence-electron chi connectivity index (χ3n) is 4.94. The van der Waals surface area contributed by atoms with Crippen molar-refractivity contribution < 1.29 is 38.1 Å². The minimum atomic E-state index is -0.843. The van der Waals surface area contributed by atoms with E-state index in [-0.39, 0.29) is 17.9 Å². The molecular formula is C19H23NO9. The van der Waals surface area contributed by atoms with Crippen molar-refractivity contribution in [1.29, 1.82) is 0 Å². The Balaban J connectivity index is 1.45. The Bertz CT molecular complexity index is 806. The van der Waals surface area contributed by atoms with E-state index in [1.54, 1.807) is 27.7 Å². The number of non-ortho nitro benzene ring substituents is 1. The molecule has 10 nitrogen and oxygen atoms in total. The Kier molecular flexibility index (Phi) is 4.87. The molecule has 0 saturated carbocycles. The van der Waals surface area contributed by atoms with E-state index in [0.717, 1.165) is 0 Å². The third-order valence-corrected chi connectivity index (χ3v) is 4.94. The normalized spacial score (nSPS) is 34.3. The lowest BCUT2D eigenvalue weighted by Gasteiger charge is -2.36. The van der Waals surface area contributed by atoms with E-state index in [9.17, 15) is 14.9 Å². The Labute approximate surface area is 167 Å². The summed E-state index contributed by atoms with van der Waals surface area (Å²) in [6.07, 6.45) is -2.70. The zero-order valence-corrected chi connectivity index (χ0v) is 16.5. The molecule has 3 fully saturated rings. The monoisotopic (exact) mass is 409 g/mol. The van der Waals surface area contributed by atoms with Crippen LogP contribution in [0, 0.1) is 10.1 Å². The standard InChI is InChI=1S/C19H23NO9/c1-18(2)26-13-12(25-17-15(14(13)27-18)28-19(3,4)29-17)9-24-16(21)10-5-7-11(8-6-10)20(22)23/h5-8,12-15,17H,9H2,1-4H3/t12-,13+,14-,15-,17+/m1/s1. The highest BCUT2D eigenvalue weighted by Gasteiger charge is 2.60. The molecule has 5 atom stereocenters. The lowest BCUT2D eigenvalue weighted by atomic mass is 9.99. The number of ether oxygens (including phenoxy) is 6. The van der Waals surface area contributed by atoms with Crippen LogP contribution in [0.2, 0.25) is 0 Å². The van der Waals surface area contributed by atoms with E-state index in [4.69, 9.17) is 28.4 Å². The highest BCUT2D eigenvalue weighted by atomic mass is 16.9. The van der Waals surface area contributed by atoms with Crippen molar-refractivity contribution in [2.75, 3.05) is 6.61 Å². The van der Waals surface area contributed by atoms with Crippen LogP contribution in [0.1, 0.15) is 38.1 Å². The maximum atomic E-state index is 12.3. The van der Waals surface area contributed by atoms with Crippen molar-refractivity contribution >= 4 is 11.7 Å². The van der Waals surface area contributed by atoms with E-state index < -0.39 is 53.2 Å². The fraction of sp³-hybridized carbons (Fsp3) is 0.632. The number of nitro groups is 1. The van der Waals surface area contributed by atoms with Crippen LogP contribution in [-0.4, -0.2) is 59.8 Å². The second-order valence-corrected chi connectivity index (χ2v) is 8.11. The van der Waals surface area contributed by atoms with E-state index in [1.165, 1.54) is 24.3 Å². The molecule has 3 heterocycles. The molecule has 1 aromatic carbocycles. The predicted octanol–water partition coefficient (Wildman–Crippen LogP) is 2.15. The van der Waals surface area contributed by atoms with Gasteiger partial charge in [-0.15, -0.1) is 0 Å². The minimum absolute atomic E-state index is 0.0938. The van der Waals surface area contributed by atoms with Gasteiger partial charge in [-0.05, 0) is 39.8 Å². The molecule has 29 heavy (non-hydrogen) atoms. The van der Waals surface area contributed by atoms with Crippen molar-refractivity contribution in [1.82, 2.24) is 0 Å². The van der Waals surface area contributed by atoms with Crippen molar-refractivity contribution in [3.8, 4) is 0 Å². The van der Waals surface area contributed by atoms with Crippen LogP contribution in [0.5, 0.6) is 0 Å². The zero-order chi connectivity index (χ0) is 21.0. The Hall–Kier alpha value is -2.11. The van der Waals surface area contributed by atoms with Crippen molar-refractivity contribution in [3.05, 3.63) is 39.9 Å². The van der Waals surface area contributed by atoms with E-state index in [2.05, 4.69) is 0 Å². The van der Waals surface area contributed by atoms with Gasteiger partial charge in [-0.1, -0.05) is 0 Å². The van der Waals surface area contributed by atoms with Gasteiger partial charge in [-0.25, -0.2) is 4.79 Å². The summed E-state index contributed by atoms with van der Waals surface area (Å²) in [5.74, 6) is -2.30. The number of hydrogen-bond acceptors (Lipinski definition) is 9. The SMILES string of the molecule is CC1(C)O[C@@H]2[C@@H](O1)[C@@H](COC(=O)c1ccc([N+](=O)[O-])cc1)O[C@H]1OC(C)(C)O[C@@H]12. The van der Waals surface area contributed by atoms with E-state index in [1.807, 2.05) is 0 Å². The van der Waals surface area contributed by atoms with Gasteiger partial charge in [-0.3, -0.25) is 10.1 Å². The molecule has 3 aliphatic rings. The average Bonchev–Trinajstić information content (AvgIpc) is 3.13. The maximum Gasteiger partial charge on any atom is 0.338 e. The van der Waals surface area contributed by atoms with Crippen molar-refractivity contribution in [2.24, 2.45) is 0 Å². The second kappa shape index (κ2) is 6.99. The van der Waals surface area contributed by atoms with Crippen molar-refractivity contribution in [3.63, 3.8) is 0 Å². The van der Waals surface area contributed by atoms with Gasteiger partial charge < -0.3 is 28.4 Å². The Morgan fingerprint density at radius 2 is 1.59 bits per heavy atom. The van der Waals surface area contributed by atoms with Gasteiger partial charge in [0, 0.05) is 12.1 Å². The van der Waals surface area contributed by atoms with Crippen LogP contribution in [0.4, 0.5) is 5.69 Å². The molecule has 4 rings (SSSR count). The zero-order valence-electron chi connectivity index (χ0n) is 16.5. The molecule has 0 amide bonds. The van der Waals surface area contributed by atoms with Gasteiger partial charge in [0.2, 0.25) is 0 Å². The first-order valence-corrected chi connectivity index (χ1v) is 9.33. The number of carbonyl (C=O) groups excluding carboxylic acids is 1. The van der Waals surface area contributed by atoms with E-state index in [0.29, 0.717) is 0 Å². The molecule has 0 radical (unpaired) electrons. The number of rotatable bonds is 4. The molecule has 10 heteroatoms. The van der Waals surface area contributed by atoms with Crippen molar-refractivity contribution in [2.45, 2.75) is 70.0 Å². The molecule has 158 valence electrons. The average molecular weight is 409 g/mol. The Morgan fingerprint density at radius 1 is 1.00 bits per heavy atom. The second-order valence-electron chi connectivity index (χ2n) is 8.11. The minimum Gasteiger partial charge on any atom is -0.459 e. The first-order chi connectivity index (χ1) is 13.5. The number of nitro benzene ring substituents is 1. The fourth-order valence-electron chi connectivity index (χ4n) is 3.79. The molecule has 3 aliphatic heterocycles. The van der Waals surface area contributed by atoms with Gasteiger partial charge in [0.25, 0.3) is 5.69 Å². The number of carbonyl (C=O) groups is 1. The fourth-order valence-corrected chi connectivity index (χ4v) is 3.79. The smallest absolute Gasteiger partial charge is 0.338 e. The summed E-state index contributed by atoms with van der Waals surface area (Å²) in [4.78, 5) is 22.5. The van der Waals surface area contributed by atoms with Crippen LogP contribution in [-0.2, 0) is 28.4 Å². The van der Waals surface area contributed by atoms with Gasteiger partial charge in [-0.2, -0.15) is 0 Å².